The number of alkyl halides is 1. The van der Waals surface area contributed by atoms with Gasteiger partial charge in [-0.1, -0.05) is 26.3 Å². The number of aliphatic hydroxyl groups excluding tert-OH is 1. The Morgan fingerprint density at radius 3 is 2.67 bits per heavy atom. The molecule has 6 rings (SSSR count). The summed E-state index contributed by atoms with van der Waals surface area (Å²) in [5.74, 6) is -1.87. The van der Waals surface area contributed by atoms with Gasteiger partial charge < -0.3 is 9.84 Å². The number of hydrogen-bond donors (Lipinski definition) is 2. The quantitative estimate of drug-likeness (QED) is 0.319. The van der Waals surface area contributed by atoms with Crippen molar-refractivity contribution in [1.82, 2.24) is 14.8 Å². The van der Waals surface area contributed by atoms with E-state index in [0.29, 0.717) is 31.4 Å². The zero-order valence-corrected chi connectivity index (χ0v) is 23.2. The first-order valence-electron chi connectivity index (χ1n) is 13.6. The molecule has 208 valence electrons. The first-order chi connectivity index (χ1) is 18.4. The monoisotopic (exact) mass is 557 g/mol. The minimum Gasteiger partial charge on any atom is -0.449 e. The van der Waals surface area contributed by atoms with Gasteiger partial charge in [0.1, 0.15) is 5.67 Å². The Kier molecular flexibility index (Phi) is 5.94. The zero-order valence-electron chi connectivity index (χ0n) is 22.3. The van der Waals surface area contributed by atoms with Crippen LogP contribution in [-0.2, 0) is 20.7 Å². The Labute approximate surface area is 231 Å². The predicted octanol–water partition coefficient (Wildman–Crippen LogP) is 4.80. The van der Waals surface area contributed by atoms with Crippen molar-refractivity contribution in [1.29, 1.82) is 0 Å². The number of rotatable bonds is 4. The number of hydrogen-bond acceptors (Lipinski definition) is 6. The summed E-state index contributed by atoms with van der Waals surface area (Å²) in [6.45, 7) is 5.41. The van der Waals surface area contributed by atoms with Gasteiger partial charge in [0.15, 0.2) is 5.60 Å². The number of thiol groups is 1. The van der Waals surface area contributed by atoms with E-state index in [0.717, 1.165) is 16.8 Å². The molecule has 3 fully saturated rings. The molecule has 0 saturated heterocycles. The van der Waals surface area contributed by atoms with Crippen LogP contribution in [0.25, 0.3) is 11.8 Å². The number of esters is 1. The predicted molar refractivity (Wildman–Crippen MR) is 142 cm³/mol. The Morgan fingerprint density at radius 2 is 2.00 bits per heavy atom. The third-order valence-electron chi connectivity index (χ3n) is 10.6. The van der Waals surface area contributed by atoms with Gasteiger partial charge in [-0.2, -0.15) is 9.49 Å². The van der Waals surface area contributed by atoms with E-state index in [1.54, 1.807) is 23.9 Å². The highest BCUT2D eigenvalue weighted by Crippen LogP contribution is 2.71. The van der Waals surface area contributed by atoms with Crippen LogP contribution in [0.15, 0.2) is 30.1 Å². The summed E-state index contributed by atoms with van der Waals surface area (Å²) >= 11 is 4.16. The van der Waals surface area contributed by atoms with Crippen LogP contribution in [0.3, 0.4) is 0 Å². The Hall–Kier alpha value is -2.59. The van der Waals surface area contributed by atoms with E-state index in [1.807, 2.05) is 19.9 Å². The lowest BCUT2D eigenvalue weighted by atomic mass is 9.44. The van der Waals surface area contributed by atoms with Crippen molar-refractivity contribution >= 4 is 29.8 Å². The number of nitrogens with zero attached hydrogens (tertiary/aromatic N) is 3. The van der Waals surface area contributed by atoms with Gasteiger partial charge >= 0.3 is 5.97 Å². The molecular formula is C29H33F2N3O4S. The normalized spacial score (nSPS) is 38.6. The topological polar surface area (TPSA) is 94.3 Å². The van der Waals surface area contributed by atoms with Gasteiger partial charge in [-0.25, -0.2) is 14.1 Å². The minimum atomic E-state index is -1.96. The fourth-order valence-corrected chi connectivity index (χ4v) is 8.98. The molecule has 2 aromatic heterocycles. The number of aliphatic hydroxyl groups is 1. The van der Waals surface area contributed by atoms with E-state index in [1.165, 1.54) is 12.3 Å². The lowest BCUT2D eigenvalue weighted by Crippen LogP contribution is -2.69. The largest absolute Gasteiger partial charge is 0.449 e. The van der Waals surface area contributed by atoms with Crippen molar-refractivity contribution < 1.29 is 28.2 Å². The second kappa shape index (κ2) is 8.70. The summed E-state index contributed by atoms with van der Waals surface area (Å²) in [4.78, 5) is 29.1. The molecule has 4 aliphatic rings. The van der Waals surface area contributed by atoms with Gasteiger partial charge in [0.05, 0.1) is 29.9 Å². The number of carbonyl (C=O) groups is 2. The lowest BCUT2D eigenvalue weighted by molar-refractivity contribution is -0.228. The molecule has 4 aliphatic carbocycles. The van der Waals surface area contributed by atoms with Crippen LogP contribution >= 0.6 is 12.6 Å². The van der Waals surface area contributed by atoms with Crippen molar-refractivity contribution in [2.45, 2.75) is 83.1 Å². The van der Waals surface area contributed by atoms with Gasteiger partial charge in [0, 0.05) is 23.2 Å². The summed E-state index contributed by atoms with van der Waals surface area (Å²) in [7, 11) is 0. The van der Waals surface area contributed by atoms with E-state index in [-0.39, 0.29) is 25.2 Å². The Morgan fingerprint density at radius 1 is 1.23 bits per heavy atom. The average Bonchev–Trinajstić information content (AvgIpc) is 3.42. The van der Waals surface area contributed by atoms with Gasteiger partial charge in [-0.05, 0) is 68.2 Å². The Balaban J connectivity index is 1.40. The second-order valence-electron chi connectivity index (χ2n) is 12.1. The van der Waals surface area contributed by atoms with Crippen LogP contribution < -0.4 is 0 Å². The molecule has 10 heteroatoms. The molecule has 2 aromatic rings. The number of halogens is 2. The van der Waals surface area contributed by atoms with Crippen LogP contribution in [0.2, 0.25) is 0 Å². The highest BCUT2D eigenvalue weighted by atomic mass is 32.1. The molecule has 0 aromatic carbocycles. The number of pyridine rings is 1. The molecule has 0 radical (unpaired) electrons. The van der Waals surface area contributed by atoms with Gasteiger partial charge in [0.2, 0.25) is 11.1 Å². The molecule has 0 spiro atoms. The summed E-state index contributed by atoms with van der Waals surface area (Å²) in [6, 6.07) is 2.87. The van der Waals surface area contributed by atoms with Crippen LogP contribution in [0, 0.1) is 28.6 Å². The highest BCUT2D eigenvalue weighted by Gasteiger charge is 2.75. The molecule has 1 N–H and O–H groups in total. The molecule has 7 atom stereocenters. The summed E-state index contributed by atoms with van der Waals surface area (Å²) in [5, 5.41) is 15.7. The minimum absolute atomic E-state index is 0.00972. The second-order valence-corrected chi connectivity index (χ2v) is 12.5. The van der Waals surface area contributed by atoms with E-state index >= 15 is 4.39 Å². The molecular weight excluding hydrogens is 524 g/mol. The van der Waals surface area contributed by atoms with Crippen molar-refractivity contribution in [2.24, 2.45) is 22.7 Å². The van der Waals surface area contributed by atoms with E-state index < -0.39 is 51.2 Å². The van der Waals surface area contributed by atoms with Gasteiger partial charge in [0.25, 0.3) is 0 Å². The van der Waals surface area contributed by atoms with Gasteiger partial charge in [-0.3, -0.25) is 9.59 Å². The summed E-state index contributed by atoms with van der Waals surface area (Å²) < 4.78 is 38.7. The van der Waals surface area contributed by atoms with E-state index in [4.69, 9.17) is 4.74 Å². The fraction of sp³-hybridized carbons (Fsp3) is 0.586. The average molecular weight is 558 g/mol. The van der Waals surface area contributed by atoms with E-state index in [9.17, 15) is 19.1 Å². The molecule has 3 saturated carbocycles. The highest BCUT2D eigenvalue weighted by molar-refractivity contribution is 7.96. The standard InChI is InChI=1S/C29H33F2N3O4S/c1-4-24(36)38-28(25(37)39)10-9-19-20-7-5-17-11-21-16(14-33-34(21)18-6-8-23(30)32-15-18)12-26(17,2)29(20,31)22(35)13-27(19,28)3/h6,8,11,14-15,19-20,22,35H,4-5,7,9-10,12-13H2,1-3H3,(H,37,39)/t19-,20-,22-,26-,27-,28-,29-/m0/s1. The van der Waals surface area contributed by atoms with E-state index in [2.05, 4.69) is 22.7 Å². The third-order valence-corrected chi connectivity index (χ3v) is 10.9. The molecule has 7 nitrogen and oxygen atoms in total. The molecule has 2 heterocycles. The van der Waals surface area contributed by atoms with Crippen molar-refractivity contribution in [3.8, 4) is 5.69 Å². The number of aromatic nitrogens is 3. The summed E-state index contributed by atoms with van der Waals surface area (Å²) in [5.41, 5.74) is -2.22. The number of fused-ring (bicyclic) bond motifs is 6. The summed E-state index contributed by atoms with van der Waals surface area (Å²) in [6.07, 6.45) is 6.04. The first kappa shape index (κ1) is 26.6. The SMILES string of the molecule is CCC(=O)O[C@]1(C(=O)S)CC[C@H]2[C@@H]3CCC4=Cc5c(cnn5-c5ccc(F)nc5)C[C@]4(C)[C@@]3(F)[C@@H](O)C[C@@]21C. The molecule has 39 heavy (non-hydrogen) atoms. The van der Waals surface area contributed by atoms with Crippen molar-refractivity contribution in [2.75, 3.05) is 0 Å². The molecule has 0 aliphatic heterocycles. The first-order valence-corrected chi connectivity index (χ1v) is 14.1. The number of allylic oxidation sites excluding steroid dienone is 1. The maximum atomic E-state index is 17.8. The lowest BCUT2D eigenvalue weighted by Gasteiger charge is -2.63. The Bertz CT molecular complexity index is 1400. The van der Waals surface area contributed by atoms with Crippen molar-refractivity contribution in [3.05, 3.63) is 47.3 Å². The molecule has 0 amide bonds. The maximum absolute atomic E-state index is 17.8. The number of carbonyl (C=O) groups excluding carboxylic acids is 2. The van der Waals surface area contributed by atoms with Crippen LogP contribution in [0.4, 0.5) is 8.78 Å². The van der Waals surface area contributed by atoms with Crippen LogP contribution in [0.5, 0.6) is 0 Å². The number of ether oxygens (including phenoxy) is 1. The smallest absolute Gasteiger partial charge is 0.306 e. The fourth-order valence-electron chi connectivity index (χ4n) is 8.57. The van der Waals surface area contributed by atoms with Gasteiger partial charge in [-0.15, -0.1) is 12.6 Å². The zero-order chi connectivity index (χ0) is 28.0. The molecule has 0 unspecified atom stereocenters. The van der Waals surface area contributed by atoms with Crippen LogP contribution in [-0.4, -0.2) is 48.3 Å². The van der Waals surface area contributed by atoms with Crippen LogP contribution in [0.1, 0.15) is 70.6 Å². The maximum Gasteiger partial charge on any atom is 0.306 e. The molecule has 0 bridgehead atoms. The third kappa shape index (κ3) is 3.36. The van der Waals surface area contributed by atoms with Crippen molar-refractivity contribution in [3.63, 3.8) is 0 Å².